The molecule has 0 atom stereocenters. The average molecular weight is 491 g/mol. The van der Waals surface area contributed by atoms with E-state index in [0.29, 0.717) is 5.69 Å². The number of nitrogens with one attached hydrogen (secondary N) is 1. The molecule has 0 bridgehead atoms. The molecule has 11 heteroatoms. The number of nitrogens with zero attached hydrogens (tertiary/aromatic N) is 1. The van der Waals surface area contributed by atoms with Gasteiger partial charge < -0.3 is 14.8 Å². The summed E-state index contributed by atoms with van der Waals surface area (Å²) in [6.45, 7) is 1.55. The number of nitro benzene ring substituents is 1. The summed E-state index contributed by atoms with van der Waals surface area (Å²) in [5.74, 6) is -0.193. The number of methoxy groups -OCH3 is 1. The van der Waals surface area contributed by atoms with Gasteiger partial charge in [0.05, 0.1) is 22.7 Å². The predicted octanol–water partition coefficient (Wildman–Crippen LogP) is 5.10. The van der Waals surface area contributed by atoms with Crippen LogP contribution in [-0.4, -0.2) is 32.1 Å². The van der Waals surface area contributed by atoms with Crippen LogP contribution < -0.4 is 14.8 Å². The summed E-state index contributed by atoms with van der Waals surface area (Å²) < 4.78 is 34.7. The number of anilines is 1. The molecule has 0 unspecified atom stereocenters. The topological polar surface area (TPSA) is 125 Å². The fourth-order valence-electron chi connectivity index (χ4n) is 2.85. The molecule has 0 spiro atoms. The van der Waals surface area contributed by atoms with E-state index in [9.17, 15) is 23.3 Å². The summed E-state index contributed by atoms with van der Waals surface area (Å²) in [5, 5.41) is 14.1. The quantitative estimate of drug-likeness (QED) is 0.344. The predicted molar refractivity (Wildman–Crippen MR) is 123 cm³/mol. The van der Waals surface area contributed by atoms with E-state index in [1.54, 1.807) is 6.92 Å². The van der Waals surface area contributed by atoms with Crippen molar-refractivity contribution in [3.63, 3.8) is 0 Å². The SMILES string of the molecule is CCS(=O)(=O)c1ccc(NC(=O)c2ccc(Oc3ccc(Cl)cc3[N+](=O)[O-])c(OC)c2)cc1. The molecule has 0 saturated heterocycles. The van der Waals surface area contributed by atoms with Gasteiger partial charge in [0, 0.05) is 22.3 Å². The second kappa shape index (κ2) is 9.88. The molecule has 172 valence electrons. The molecule has 1 N–H and O–H groups in total. The first-order chi connectivity index (χ1) is 15.6. The van der Waals surface area contributed by atoms with Crippen LogP contribution in [-0.2, 0) is 9.84 Å². The van der Waals surface area contributed by atoms with E-state index in [1.165, 1.54) is 67.8 Å². The number of amides is 1. The summed E-state index contributed by atoms with van der Waals surface area (Å²) in [6.07, 6.45) is 0. The van der Waals surface area contributed by atoms with Crippen LogP contribution in [0.5, 0.6) is 17.2 Å². The Hall–Kier alpha value is -3.63. The van der Waals surface area contributed by atoms with E-state index in [4.69, 9.17) is 21.1 Å². The van der Waals surface area contributed by atoms with Gasteiger partial charge in [-0.25, -0.2) is 8.42 Å². The number of hydrogen-bond acceptors (Lipinski definition) is 7. The van der Waals surface area contributed by atoms with Crippen molar-refractivity contribution < 1.29 is 27.6 Å². The zero-order chi connectivity index (χ0) is 24.2. The van der Waals surface area contributed by atoms with Gasteiger partial charge in [-0.2, -0.15) is 0 Å². The Labute approximate surface area is 195 Å². The monoisotopic (exact) mass is 490 g/mol. The minimum atomic E-state index is -3.34. The minimum absolute atomic E-state index is 0.0217. The highest BCUT2D eigenvalue weighted by Gasteiger charge is 2.19. The lowest BCUT2D eigenvalue weighted by Crippen LogP contribution is -2.12. The van der Waals surface area contributed by atoms with Crippen molar-refractivity contribution in [3.8, 4) is 17.2 Å². The van der Waals surface area contributed by atoms with Gasteiger partial charge in [-0.3, -0.25) is 14.9 Å². The normalized spacial score (nSPS) is 11.0. The second-order valence-corrected chi connectivity index (χ2v) is 9.43. The standard InChI is InChI=1S/C22H19ClN2O7S/c1-3-33(29,30)17-8-6-16(7-9-17)24-22(26)14-4-10-20(21(12-14)31-2)32-19-11-5-15(23)13-18(19)25(27)28/h4-13H,3H2,1-2H3,(H,24,26). The maximum Gasteiger partial charge on any atom is 0.313 e. The molecule has 9 nitrogen and oxygen atoms in total. The zero-order valence-corrected chi connectivity index (χ0v) is 19.1. The molecular formula is C22H19ClN2O7S. The fourth-order valence-corrected chi connectivity index (χ4v) is 3.90. The third-order valence-corrected chi connectivity index (χ3v) is 6.60. The molecule has 0 saturated carbocycles. The Balaban J connectivity index is 1.81. The van der Waals surface area contributed by atoms with Gasteiger partial charge in [-0.05, 0) is 54.6 Å². The van der Waals surface area contributed by atoms with E-state index in [2.05, 4.69) is 5.32 Å². The molecule has 0 aliphatic rings. The number of halogens is 1. The number of carbonyl (C=O) groups is 1. The third-order valence-electron chi connectivity index (χ3n) is 4.61. The van der Waals surface area contributed by atoms with E-state index in [-0.39, 0.29) is 44.2 Å². The smallest absolute Gasteiger partial charge is 0.313 e. The van der Waals surface area contributed by atoms with Gasteiger partial charge in [-0.15, -0.1) is 0 Å². The van der Waals surface area contributed by atoms with Gasteiger partial charge in [0.15, 0.2) is 21.3 Å². The molecule has 3 aromatic carbocycles. The summed E-state index contributed by atoms with van der Waals surface area (Å²) in [7, 11) is -1.97. The Bertz CT molecular complexity index is 1310. The van der Waals surface area contributed by atoms with Crippen LogP contribution >= 0.6 is 11.6 Å². The molecule has 0 aliphatic heterocycles. The number of benzene rings is 3. The van der Waals surface area contributed by atoms with Gasteiger partial charge in [0.25, 0.3) is 5.91 Å². The van der Waals surface area contributed by atoms with Crippen molar-refractivity contribution in [1.82, 2.24) is 0 Å². The molecule has 33 heavy (non-hydrogen) atoms. The molecule has 0 radical (unpaired) electrons. The van der Waals surface area contributed by atoms with Crippen molar-refractivity contribution in [2.75, 3.05) is 18.2 Å². The summed E-state index contributed by atoms with van der Waals surface area (Å²) in [5.41, 5.74) is 0.320. The van der Waals surface area contributed by atoms with Crippen LogP contribution in [0.4, 0.5) is 11.4 Å². The maximum absolute atomic E-state index is 12.6. The van der Waals surface area contributed by atoms with Gasteiger partial charge in [0.1, 0.15) is 0 Å². The first-order valence-electron chi connectivity index (χ1n) is 9.58. The summed E-state index contributed by atoms with van der Waals surface area (Å²) in [6, 6.07) is 14.1. The zero-order valence-electron chi connectivity index (χ0n) is 17.6. The largest absolute Gasteiger partial charge is 0.493 e. The number of rotatable bonds is 8. The molecule has 1 amide bonds. The van der Waals surface area contributed by atoms with Gasteiger partial charge in [-0.1, -0.05) is 18.5 Å². The van der Waals surface area contributed by atoms with E-state index in [1.807, 2.05) is 0 Å². The Kier molecular flexibility index (Phi) is 7.19. The Morgan fingerprint density at radius 1 is 1.03 bits per heavy atom. The first-order valence-corrected chi connectivity index (χ1v) is 11.6. The van der Waals surface area contributed by atoms with Crippen molar-refractivity contribution in [3.05, 3.63) is 81.4 Å². The van der Waals surface area contributed by atoms with Crippen LogP contribution in [0, 0.1) is 10.1 Å². The lowest BCUT2D eigenvalue weighted by molar-refractivity contribution is -0.385. The van der Waals surface area contributed by atoms with Crippen molar-refractivity contribution in [2.24, 2.45) is 0 Å². The second-order valence-electron chi connectivity index (χ2n) is 6.72. The van der Waals surface area contributed by atoms with E-state index in [0.717, 1.165) is 0 Å². The highest BCUT2D eigenvalue weighted by molar-refractivity contribution is 7.91. The van der Waals surface area contributed by atoms with Crippen molar-refractivity contribution >= 4 is 38.7 Å². The van der Waals surface area contributed by atoms with Gasteiger partial charge in [0.2, 0.25) is 5.75 Å². The number of sulfone groups is 1. The Morgan fingerprint density at radius 3 is 2.30 bits per heavy atom. The number of nitro groups is 1. The lowest BCUT2D eigenvalue weighted by atomic mass is 10.1. The Morgan fingerprint density at radius 2 is 1.70 bits per heavy atom. The van der Waals surface area contributed by atoms with Crippen LogP contribution in [0.25, 0.3) is 0 Å². The maximum atomic E-state index is 12.6. The van der Waals surface area contributed by atoms with Crippen LogP contribution in [0.15, 0.2) is 65.6 Å². The summed E-state index contributed by atoms with van der Waals surface area (Å²) in [4.78, 5) is 23.5. The number of ether oxygens (including phenoxy) is 2. The summed E-state index contributed by atoms with van der Waals surface area (Å²) >= 11 is 5.82. The minimum Gasteiger partial charge on any atom is -0.493 e. The molecule has 0 heterocycles. The molecular weight excluding hydrogens is 472 g/mol. The molecule has 0 aliphatic carbocycles. The highest BCUT2D eigenvalue weighted by Crippen LogP contribution is 2.38. The van der Waals surface area contributed by atoms with Crippen molar-refractivity contribution in [1.29, 1.82) is 0 Å². The van der Waals surface area contributed by atoms with E-state index >= 15 is 0 Å². The third kappa shape index (κ3) is 5.60. The average Bonchev–Trinajstić information content (AvgIpc) is 2.80. The van der Waals surface area contributed by atoms with Crippen LogP contribution in [0.1, 0.15) is 17.3 Å². The lowest BCUT2D eigenvalue weighted by Gasteiger charge is -2.12. The highest BCUT2D eigenvalue weighted by atomic mass is 35.5. The van der Waals surface area contributed by atoms with Crippen LogP contribution in [0.2, 0.25) is 5.02 Å². The fraction of sp³-hybridized carbons (Fsp3) is 0.136. The molecule has 0 fully saturated rings. The number of hydrogen-bond donors (Lipinski definition) is 1. The molecule has 3 rings (SSSR count). The molecule has 3 aromatic rings. The van der Waals surface area contributed by atoms with E-state index < -0.39 is 20.7 Å². The van der Waals surface area contributed by atoms with Gasteiger partial charge >= 0.3 is 5.69 Å². The first kappa shape index (κ1) is 24.0. The van der Waals surface area contributed by atoms with Crippen LogP contribution in [0.3, 0.4) is 0 Å². The van der Waals surface area contributed by atoms with Crippen molar-refractivity contribution in [2.45, 2.75) is 11.8 Å². The molecule has 0 aromatic heterocycles. The number of carbonyl (C=O) groups excluding carboxylic acids is 1.